The van der Waals surface area contributed by atoms with Crippen molar-refractivity contribution in [2.45, 2.75) is 44.9 Å². The average Bonchev–Trinajstić information content (AvgIpc) is 2.64. The van der Waals surface area contributed by atoms with Crippen molar-refractivity contribution < 1.29 is 8.42 Å². The largest absolute Gasteiger partial charge is 0.316 e. The average molecular weight is 257 g/mol. The molecule has 0 amide bonds. The molecule has 2 rings (SSSR count). The highest BCUT2D eigenvalue weighted by Gasteiger charge is 2.33. The third-order valence-corrected chi connectivity index (χ3v) is 5.25. The molecule has 1 aliphatic heterocycles. The first-order chi connectivity index (χ1) is 8.00. The molecule has 0 spiro atoms. The van der Waals surface area contributed by atoms with Crippen molar-refractivity contribution in [1.29, 1.82) is 0 Å². The van der Waals surface area contributed by atoms with E-state index in [0.717, 1.165) is 19.4 Å². The molecule has 96 valence electrons. The summed E-state index contributed by atoms with van der Waals surface area (Å²) in [6.45, 7) is 4.96. The van der Waals surface area contributed by atoms with Crippen LogP contribution in [0.25, 0.3) is 0 Å². The van der Waals surface area contributed by atoms with Crippen LogP contribution in [0.4, 0.5) is 0 Å². The van der Waals surface area contributed by atoms with E-state index >= 15 is 0 Å². The minimum absolute atomic E-state index is 0.284. The van der Waals surface area contributed by atoms with Crippen molar-refractivity contribution in [2.24, 2.45) is 5.92 Å². The maximum absolute atomic E-state index is 12.0. The van der Waals surface area contributed by atoms with Gasteiger partial charge in [-0.3, -0.25) is 0 Å². The topological polar surface area (TPSA) is 64.8 Å². The zero-order valence-electron chi connectivity index (χ0n) is 10.3. The summed E-state index contributed by atoms with van der Waals surface area (Å²) in [5, 5.41) is 7.44. The Kier molecular flexibility index (Phi) is 3.51. The Balaban J connectivity index is 2.30. The molecule has 1 atom stereocenters. The Morgan fingerprint density at radius 3 is 2.88 bits per heavy atom. The fourth-order valence-corrected chi connectivity index (χ4v) is 4.21. The maximum atomic E-state index is 12.0. The van der Waals surface area contributed by atoms with E-state index in [1.54, 1.807) is 6.33 Å². The lowest BCUT2D eigenvalue weighted by Gasteiger charge is -2.22. The molecular weight excluding hydrogens is 238 g/mol. The van der Waals surface area contributed by atoms with Gasteiger partial charge in [-0.15, -0.1) is 10.2 Å². The number of hydrogen-bond acceptors (Lipinski definition) is 4. The van der Waals surface area contributed by atoms with E-state index in [0.29, 0.717) is 18.2 Å². The fraction of sp³-hybridized carbons (Fsp3) is 0.818. The van der Waals surface area contributed by atoms with E-state index in [2.05, 4.69) is 24.0 Å². The van der Waals surface area contributed by atoms with Gasteiger partial charge in [-0.25, -0.2) is 8.42 Å². The van der Waals surface area contributed by atoms with Gasteiger partial charge in [-0.05, 0) is 18.8 Å². The summed E-state index contributed by atoms with van der Waals surface area (Å²) in [5.41, 5.74) is 0. The molecule has 0 N–H and O–H groups in total. The molecule has 1 saturated heterocycles. The van der Waals surface area contributed by atoms with Crippen LogP contribution in [-0.2, 0) is 16.4 Å². The number of aromatic nitrogens is 3. The van der Waals surface area contributed by atoms with Crippen LogP contribution in [0.5, 0.6) is 0 Å². The van der Waals surface area contributed by atoms with Crippen LogP contribution < -0.4 is 0 Å². The smallest absolute Gasteiger partial charge is 0.160 e. The summed E-state index contributed by atoms with van der Waals surface area (Å²) in [6, 6.07) is 0. The number of nitrogens with zero attached hydrogens (tertiary/aromatic N) is 3. The lowest BCUT2D eigenvalue weighted by Crippen LogP contribution is -2.25. The summed E-state index contributed by atoms with van der Waals surface area (Å²) >= 11 is 0. The lowest BCUT2D eigenvalue weighted by molar-refractivity contribution is 0.483. The van der Waals surface area contributed by atoms with Crippen molar-refractivity contribution in [2.75, 3.05) is 5.75 Å². The van der Waals surface area contributed by atoms with Crippen LogP contribution in [0.3, 0.4) is 0 Å². The molecule has 0 radical (unpaired) electrons. The lowest BCUT2D eigenvalue weighted by atomic mass is 10.1. The SMILES string of the molecule is CC(C)Cn1cnnc1C1CCCCS1(=O)=O. The van der Waals surface area contributed by atoms with E-state index in [9.17, 15) is 8.42 Å². The second-order valence-corrected chi connectivity index (χ2v) is 7.39. The molecule has 2 heterocycles. The van der Waals surface area contributed by atoms with E-state index in [-0.39, 0.29) is 5.75 Å². The van der Waals surface area contributed by atoms with E-state index in [1.807, 2.05) is 4.57 Å². The third-order valence-electron chi connectivity index (χ3n) is 3.07. The van der Waals surface area contributed by atoms with Crippen LogP contribution in [0.2, 0.25) is 0 Å². The number of hydrogen-bond donors (Lipinski definition) is 0. The summed E-state index contributed by atoms with van der Waals surface area (Å²) in [6.07, 6.45) is 4.05. The van der Waals surface area contributed by atoms with Crippen molar-refractivity contribution in [3.63, 3.8) is 0 Å². The maximum Gasteiger partial charge on any atom is 0.160 e. The zero-order valence-corrected chi connectivity index (χ0v) is 11.2. The minimum atomic E-state index is -3.03. The van der Waals surface area contributed by atoms with Crippen LogP contribution in [0.1, 0.15) is 44.2 Å². The van der Waals surface area contributed by atoms with Gasteiger partial charge in [0.2, 0.25) is 0 Å². The molecule has 5 nitrogen and oxygen atoms in total. The molecule has 17 heavy (non-hydrogen) atoms. The van der Waals surface area contributed by atoms with Crippen LogP contribution in [0, 0.1) is 5.92 Å². The Morgan fingerprint density at radius 1 is 1.47 bits per heavy atom. The van der Waals surface area contributed by atoms with Crippen LogP contribution >= 0.6 is 0 Å². The van der Waals surface area contributed by atoms with Crippen LogP contribution in [0.15, 0.2) is 6.33 Å². The first-order valence-electron chi connectivity index (χ1n) is 6.10. The standard InChI is InChI=1S/C11H19N3O2S/c1-9(2)7-14-8-12-13-11(14)10-5-3-4-6-17(10,15)16/h8-10H,3-7H2,1-2H3. The summed E-state index contributed by atoms with van der Waals surface area (Å²) < 4.78 is 26.0. The fourth-order valence-electron chi connectivity index (χ4n) is 2.29. The molecule has 0 aliphatic carbocycles. The van der Waals surface area contributed by atoms with Gasteiger partial charge < -0.3 is 4.57 Å². The molecule has 1 fully saturated rings. The second kappa shape index (κ2) is 4.76. The highest BCUT2D eigenvalue weighted by molar-refractivity contribution is 7.91. The van der Waals surface area contributed by atoms with E-state index in [4.69, 9.17) is 0 Å². The van der Waals surface area contributed by atoms with Gasteiger partial charge in [0.25, 0.3) is 0 Å². The van der Waals surface area contributed by atoms with Gasteiger partial charge in [0.05, 0.1) is 5.75 Å². The van der Waals surface area contributed by atoms with Gasteiger partial charge in [-0.1, -0.05) is 20.3 Å². The molecule has 1 unspecified atom stereocenters. The molecule has 0 saturated carbocycles. The highest BCUT2D eigenvalue weighted by Crippen LogP contribution is 2.32. The predicted octanol–water partition coefficient (Wildman–Crippen LogP) is 1.57. The molecule has 0 bridgehead atoms. The Labute approximate surface area is 102 Å². The molecule has 6 heteroatoms. The third kappa shape index (κ3) is 2.68. The van der Waals surface area contributed by atoms with E-state index < -0.39 is 15.1 Å². The molecule has 1 aromatic heterocycles. The second-order valence-electron chi connectivity index (χ2n) is 5.09. The van der Waals surface area contributed by atoms with Gasteiger partial charge in [-0.2, -0.15) is 0 Å². The number of sulfone groups is 1. The van der Waals surface area contributed by atoms with Crippen molar-refractivity contribution >= 4 is 9.84 Å². The summed E-state index contributed by atoms with van der Waals surface area (Å²) in [4.78, 5) is 0. The quantitative estimate of drug-likeness (QED) is 0.824. The Hall–Kier alpha value is -0.910. The van der Waals surface area contributed by atoms with Crippen LogP contribution in [-0.4, -0.2) is 28.9 Å². The first kappa shape index (κ1) is 12.5. The Bertz CT molecular complexity index is 479. The molecule has 0 aromatic carbocycles. The van der Waals surface area contributed by atoms with Gasteiger partial charge in [0.1, 0.15) is 11.6 Å². The number of rotatable bonds is 3. The Morgan fingerprint density at radius 2 is 2.24 bits per heavy atom. The summed E-state index contributed by atoms with van der Waals surface area (Å²) in [7, 11) is -3.03. The van der Waals surface area contributed by atoms with Gasteiger partial charge in [0, 0.05) is 6.54 Å². The highest BCUT2D eigenvalue weighted by atomic mass is 32.2. The molecular formula is C11H19N3O2S. The molecule has 1 aromatic rings. The molecule has 1 aliphatic rings. The van der Waals surface area contributed by atoms with Crippen molar-refractivity contribution in [3.05, 3.63) is 12.2 Å². The zero-order chi connectivity index (χ0) is 12.5. The van der Waals surface area contributed by atoms with Crippen molar-refractivity contribution in [1.82, 2.24) is 14.8 Å². The van der Waals surface area contributed by atoms with Gasteiger partial charge in [0.15, 0.2) is 15.7 Å². The monoisotopic (exact) mass is 257 g/mol. The normalized spacial score (nSPS) is 24.1. The minimum Gasteiger partial charge on any atom is -0.316 e. The predicted molar refractivity (Wildman–Crippen MR) is 65.2 cm³/mol. The summed E-state index contributed by atoms with van der Waals surface area (Å²) in [5.74, 6) is 1.36. The van der Waals surface area contributed by atoms with E-state index in [1.165, 1.54) is 0 Å². The van der Waals surface area contributed by atoms with Crippen molar-refractivity contribution in [3.8, 4) is 0 Å². The van der Waals surface area contributed by atoms with Gasteiger partial charge >= 0.3 is 0 Å². The first-order valence-corrected chi connectivity index (χ1v) is 7.81.